The minimum atomic E-state index is 0.531. The van der Waals surface area contributed by atoms with Crippen LogP contribution in [0, 0.1) is 5.41 Å². The molecule has 1 fully saturated rings. The van der Waals surface area contributed by atoms with Crippen LogP contribution in [-0.4, -0.2) is 13.1 Å². The number of fused-ring (bicyclic) bond motifs is 1. The van der Waals surface area contributed by atoms with Crippen LogP contribution in [0.4, 0.5) is 5.69 Å². The van der Waals surface area contributed by atoms with Crippen LogP contribution in [0.5, 0.6) is 0 Å². The molecule has 3 rings (SSSR count). The molecule has 1 aliphatic rings. The molecular weight excluding hydrogens is 256 g/mol. The van der Waals surface area contributed by atoms with Crippen LogP contribution in [0.15, 0.2) is 36.4 Å². The smallest absolute Gasteiger partial charge is 0.0446 e. The van der Waals surface area contributed by atoms with Gasteiger partial charge in [-0.3, -0.25) is 0 Å². The first-order valence-electron chi connectivity index (χ1n) is 8.12. The molecule has 1 saturated heterocycles. The average Bonchev–Trinajstić information content (AvgIpc) is 2.55. The number of hydrogen-bond acceptors (Lipinski definition) is 2. The molecule has 0 amide bonds. The van der Waals surface area contributed by atoms with E-state index in [-0.39, 0.29) is 0 Å². The van der Waals surface area contributed by atoms with Gasteiger partial charge in [-0.2, -0.15) is 0 Å². The topological polar surface area (TPSA) is 29.3 Å². The standard InChI is InChI=1S/C19H26N2/c1-3-19(2)10-12-21(13-11-19)18-9-8-15(14-20)16-6-4-5-7-17(16)18/h4-9H,3,10-14,20H2,1-2H3. The van der Waals surface area contributed by atoms with Crippen molar-refractivity contribution >= 4 is 16.5 Å². The van der Waals surface area contributed by atoms with Crippen LogP contribution < -0.4 is 10.6 Å². The van der Waals surface area contributed by atoms with E-state index in [0.29, 0.717) is 12.0 Å². The van der Waals surface area contributed by atoms with Crippen molar-refractivity contribution in [2.75, 3.05) is 18.0 Å². The van der Waals surface area contributed by atoms with Crippen molar-refractivity contribution in [3.63, 3.8) is 0 Å². The van der Waals surface area contributed by atoms with E-state index in [0.717, 1.165) is 13.1 Å². The molecule has 21 heavy (non-hydrogen) atoms. The Bertz CT molecular complexity index is 624. The van der Waals surface area contributed by atoms with Crippen molar-refractivity contribution in [2.45, 2.75) is 39.7 Å². The zero-order chi connectivity index (χ0) is 14.9. The molecule has 2 aromatic carbocycles. The second-order valence-electron chi connectivity index (χ2n) is 6.64. The van der Waals surface area contributed by atoms with Crippen LogP contribution in [-0.2, 0) is 6.54 Å². The molecule has 0 saturated carbocycles. The Morgan fingerprint density at radius 1 is 1.05 bits per heavy atom. The predicted molar refractivity (Wildman–Crippen MR) is 91.7 cm³/mol. The molecule has 1 heterocycles. The molecular formula is C19H26N2. The van der Waals surface area contributed by atoms with Gasteiger partial charge < -0.3 is 10.6 Å². The summed E-state index contributed by atoms with van der Waals surface area (Å²) in [5.74, 6) is 0. The van der Waals surface area contributed by atoms with E-state index in [4.69, 9.17) is 5.73 Å². The Hall–Kier alpha value is -1.54. The monoisotopic (exact) mass is 282 g/mol. The Morgan fingerprint density at radius 2 is 1.71 bits per heavy atom. The van der Waals surface area contributed by atoms with Crippen LogP contribution >= 0.6 is 0 Å². The summed E-state index contributed by atoms with van der Waals surface area (Å²) < 4.78 is 0. The number of benzene rings is 2. The van der Waals surface area contributed by atoms with E-state index in [9.17, 15) is 0 Å². The fourth-order valence-electron chi connectivity index (χ4n) is 3.44. The maximum Gasteiger partial charge on any atom is 0.0446 e. The number of nitrogens with zero attached hydrogens (tertiary/aromatic N) is 1. The summed E-state index contributed by atoms with van der Waals surface area (Å²) in [5.41, 5.74) is 9.03. The first kappa shape index (κ1) is 14.4. The minimum Gasteiger partial charge on any atom is -0.371 e. The number of nitrogens with two attached hydrogens (primary N) is 1. The quantitative estimate of drug-likeness (QED) is 0.908. The lowest BCUT2D eigenvalue weighted by Gasteiger charge is -2.40. The van der Waals surface area contributed by atoms with Gasteiger partial charge in [0.1, 0.15) is 0 Å². The van der Waals surface area contributed by atoms with Crippen molar-refractivity contribution in [2.24, 2.45) is 11.1 Å². The van der Waals surface area contributed by atoms with E-state index in [2.05, 4.69) is 55.1 Å². The lowest BCUT2D eigenvalue weighted by atomic mass is 9.78. The molecule has 0 atom stereocenters. The highest BCUT2D eigenvalue weighted by Crippen LogP contribution is 2.38. The molecule has 0 aromatic heterocycles. The van der Waals surface area contributed by atoms with Crippen LogP contribution in [0.1, 0.15) is 38.7 Å². The second kappa shape index (κ2) is 5.69. The van der Waals surface area contributed by atoms with Gasteiger partial charge >= 0.3 is 0 Å². The summed E-state index contributed by atoms with van der Waals surface area (Å²) >= 11 is 0. The number of rotatable bonds is 3. The summed E-state index contributed by atoms with van der Waals surface area (Å²) in [7, 11) is 0. The Labute approximate surface area is 127 Å². The first-order valence-corrected chi connectivity index (χ1v) is 8.12. The summed E-state index contributed by atoms with van der Waals surface area (Å²) in [5, 5.41) is 2.65. The molecule has 1 aliphatic heterocycles. The molecule has 2 nitrogen and oxygen atoms in total. The van der Waals surface area contributed by atoms with Crippen molar-refractivity contribution in [3.8, 4) is 0 Å². The molecule has 0 spiro atoms. The molecule has 0 radical (unpaired) electrons. The van der Waals surface area contributed by atoms with Crippen LogP contribution in [0.2, 0.25) is 0 Å². The molecule has 2 heteroatoms. The van der Waals surface area contributed by atoms with Gasteiger partial charge in [0.05, 0.1) is 0 Å². The van der Waals surface area contributed by atoms with Crippen molar-refractivity contribution in [1.29, 1.82) is 0 Å². The van der Waals surface area contributed by atoms with Crippen LogP contribution in [0.3, 0.4) is 0 Å². The van der Waals surface area contributed by atoms with Gasteiger partial charge in [-0.15, -0.1) is 0 Å². The third kappa shape index (κ3) is 2.65. The normalized spacial score (nSPS) is 18.1. The van der Waals surface area contributed by atoms with Crippen molar-refractivity contribution < 1.29 is 0 Å². The largest absolute Gasteiger partial charge is 0.371 e. The summed E-state index contributed by atoms with van der Waals surface area (Å²) in [6, 6.07) is 13.1. The molecule has 2 N–H and O–H groups in total. The van der Waals surface area contributed by atoms with E-state index in [1.54, 1.807) is 0 Å². The Kier molecular flexibility index (Phi) is 3.90. The van der Waals surface area contributed by atoms with E-state index in [1.165, 1.54) is 41.3 Å². The third-order valence-corrected chi connectivity index (χ3v) is 5.38. The zero-order valence-electron chi connectivity index (χ0n) is 13.2. The molecule has 0 aliphatic carbocycles. The maximum atomic E-state index is 5.88. The van der Waals surface area contributed by atoms with E-state index >= 15 is 0 Å². The van der Waals surface area contributed by atoms with E-state index < -0.39 is 0 Å². The molecule has 2 aromatic rings. The van der Waals surface area contributed by atoms with Gasteiger partial charge in [-0.1, -0.05) is 50.6 Å². The van der Waals surface area contributed by atoms with Crippen molar-refractivity contribution in [3.05, 3.63) is 42.0 Å². The zero-order valence-corrected chi connectivity index (χ0v) is 13.2. The van der Waals surface area contributed by atoms with E-state index in [1.807, 2.05) is 0 Å². The SMILES string of the molecule is CCC1(C)CCN(c2ccc(CN)c3ccccc23)CC1. The van der Waals surface area contributed by atoms with Crippen molar-refractivity contribution in [1.82, 2.24) is 0 Å². The highest BCUT2D eigenvalue weighted by molar-refractivity contribution is 5.96. The molecule has 0 unspecified atom stereocenters. The minimum absolute atomic E-state index is 0.531. The summed E-state index contributed by atoms with van der Waals surface area (Å²) in [6.45, 7) is 7.68. The Morgan fingerprint density at radius 3 is 2.33 bits per heavy atom. The lowest BCUT2D eigenvalue weighted by Crippen LogP contribution is -2.38. The van der Waals surface area contributed by atoms with Gasteiger partial charge in [-0.05, 0) is 35.3 Å². The van der Waals surface area contributed by atoms with Gasteiger partial charge in [-0.25, -0.2) is 0 Å². The summed E-state index contributed by atoms with van der Waals surface area (Å²) in [6.07, 6.45) is 3.86. The highest BCUT2D eigenvalue weighted by Gasteiger charge is 2.28. The summed E-state index contributed by atoms with van der Waals surface area (Å²) in [4.78, 5) is 2.56. The highest BCUT2D eigenvalue weighted by atomic mass is 15.1. The number of anilines is 1. The number of hydrogen-bond donors (Lipinski definition) is 1. The third-order valence-electron chi connectivity index (χ3n) is 5.38. The fourth-order valence-corrected chi connectivity index (χ4v) is 3.44. The number of piperidine rings is 1. The molecule has 112 valence electrons. The predicted octanol–water partition coefficient (Wildman–Crippen LogP) is 4.32. The second-order valence-corrected chi connectivity index (χ2v) is 6.64. The molecule has 0 bridgehead atoms. The fraction of sp³-hybridized carbons (Fsp3) is 0.474. The lowest BCUT2D eigenvalue weighted by molar-refractivity contribution is 0.238. The first-order chi connectivity index (χ1) is 10.2. The van der Waals surface area contributed by atoms with Gasteiger partial charge in [0.15, 0.2) is 0 Å². The Balaban J connectivity index is 1.95. The van der Waals surface area contributed by atoms with Gasteiger partial charge in [0, 0.05) is 30.7 Å². The van der Waals surface area contributed by atoms with Crippen LogP contribution in [0.25, 0.3) is 10.8 Å². The maximum absolute atomic E-state index is 5.88. The van der Waals surface area contributed by atoms with Gasteiger partial charge in [0.2, 0.25) is 0 Å². The van der Waals surface area contributed by atoms with Gasteiger partial charge in [0.25, 0.3) is 0 Å². The average molecular weight is 282 g/mol.